The highest BCUT2D eigenvalue weighted by molar-refractivity contribution is 5.45. The van der Waals surface area contributed by atoms with E-state index in [1.807, 2.05) is 0 Å². The Hall–Kier alpha value is -2.12. The standard InChI is InChI=1S/C12H11F3N4/c13-8-4-3-6(9(14)10(8)15)11(19-17)7-2-1-5-18-12(7)16/h1-5,11,19H,17H2,(H2,16,18). The molecule has 0 saturated carbocycles. The summed E-state index contributed by atoms with van der Waals surface area (Å²) in [5, 5.41) is 0. The summed E-state index contributed by atoms with van der Waals surface area (Å²) in [6.45, 7) is 0. The summed E-state index contributed by atoms with van der Waals surface area (Å²) in [7, 11) is 0. The average molecular weight is 268 g/mol. The molecule has 100 valence electrons. The zero-order valence-electron chi connectivity index (χ0n) is 9.70. The van der Waals surface area contributed by atoms with Gasteiger partial charge in [-0.25, -0.2) is 23.6 Å². The van der Waals surface area contributed by atoms with Gasteiger partial charge in [0.1, 0.15) is 5.82 Å². The zero-order valence-corrected chi connectivity index (χ0v) is 9.70. The van der Waals surface area contributed by atoms with Crippen molar-refractivity contribution in [1.82, 2.24) is 10.4 Å². The largest absolute Gasteiger partial charge is 0.383 e. The molecule has 0 bridgehead atoms. The Morgan fingerprint density at radius 2 is 1.79 bits per heavy atom. The average Bonchev–Trinajstić information content (AvgIpc) is 2.41. The van der Waals surface area contributed by atoms with Crippen LogP contribution in [0.1, 0.15) is 17.2 Å². The molecule has 0 fully saturated rings. The molecule has 0 aliphatic heterocycles. The topological polar surface area (TPSA) is 77.0 Å². The number of hydrazine groups is 1. The first-order valence-electron chi connectivity index (χ1n) is 5.36. The maximum Gasteiger partial charge on any atom is 0.194 e. The molecule has 1 aromatic carbocycles. The molecule has 5 N–H and O–H groups in total. The van der Waals surface area contributed by atoms with Crippen LogP contribution in [0.25, 0.3) is 0 Å². The molecule has 19 heavy (non-hydrogen) atoms. The number of benzene rings is 1. The van der Waals surface area contributed by atoms with E-state index < -0.39 is 23.5 Å². The Morgan fingerprint density at radius 3 is 2.42 bits per heavy atom. The van der Waals surface area contributed by atoms with Crippen LogP contribution in [0.15, 0.2) is 30.5 Å². The molecular weight excluding hydrogens is 257 g/mol. The normalized spacial score (nSPS) is 12.4. The highest BCUT2D eigenvalue weighted by Gasteiger charge is 2.23. The molecule has 7 heteroatoms. The van der Waals surface area contributed by atoms with Crippen molar-refractivity contribution < 1.29 is 13.2 Å². The van der Waals surface area contributed by atoms with Gasteiger partial charge in [0, 0.05) is 17.3 Å². The molecular formula is C12H11F3N4. The summed E-state index contributed by atoms with van der Waals surface area (Å²) in [5.74, 6) is 1.33. The third-order valence-corrected chi connectivity index (χ3v) is 2.72. The first-order chi connectivity index (χ1) is 9.06. The molecule has 0 saturated heterocycles. The van der Waals surface area contributed by atoms with Gasteiger partial charge < -0.3 is 5.73 Å². The molecule has 2 rings (SSSR count). The molecule has 1 unspecified atom stereocenters. The summed E-state index contributed by atoms with van der Waals surface area (Å²) < 4.78 is 39.9. The van der Waals surface area contributed by atoms with Gasteiger partial charge >= 0.3 is 0 Å². The van der Waals surface area contributed by atoms with Gasteiger partial charge in [0.15, 0.2) is 17.5 Å². The smallest absolute Gasteiger partial charge is 0.194 e. The number of halogens is 3. The fraction of sp³-hybridized carbons (Fsp3) is 0.0833. The van der Waals surface area contributed by atoms with E-state index in [2.05, 4.69) is 10.4 Å². The van der Waals surface area contributed by atoms with Gasteiger partial charge in [-0.15, -0.1) is 0 Å². The lowest BCUT2D eigenvalue weighted by Crippen LogP contribution is -2.30. The van der Waals surface area contributed by atoms with Crippen LogP contribution in [0.5, 0.6) is 0 Å². The quantitative estimate of drug-likeness (QED) is 0.449. The van der Waals surface area contributed by atoms with Crippen LogP contribution in [0.3, 0.4) is 0 Å². The lowest BCUT2D eigenvalue weighted by Gasteiger charge is -2.18. The maximum atomic E-state index is 13.7. The van der Waals surface area contributed by atoms with Crippen LogP contribution >= 0.6 is 0 Å². The summed E-state index contributed by atoms with van der Waals surface area (Å²) in [6.07, 6.45) is 1.45. The minimum atomic E-state index is -1.56. The summed E-state index contributed by atoms with van der Waals surface area (Å²) in [5.41, 5.74) is 8.19. The van der Waals surface area contributed by atoms with Crippen molar-refractivity contribution >= 4 is 5.82 Å². The van der Waals surface area contributed by atoms with Crippen molar-refractivity contribution in [2.24, 2.45) is 5.84 Å². The van der Waals surface area contributed by atoms with E-state index >= 15 is 0 Å². The van der Waals surface area contributed by atoms with Gasteiger partial charge in [-0.1, -0.05) is 12.1 Å². The second kappa shape index (κ2) is 5.25. The van der Waals surface area contributed by atoms with Gasteiger partial charge in [0.25, 0.3) is 0 Å². The molecule has 4 nitrogen and oxygen atoms in total. The van der Waals surface area contributed by atoms with Crippen LogP contribution in [0.2, 0.25) is 0 Å². The van der Waals surface area contributed by atoms with E-state index in [9.17, 15) is 13.2 Å². The van der Waals surface area contributed by atoms with Crippen molar-refractivity contribution in [3.8, 4) is 0 Å². The van der Waals surface area contributed by atoms with E-state index in [0.717, 1.165) is 12.1 Å². The lowest BCUT2D eigenvalue weighted by molar-refractivity contribution is 0.433. The highest BCUT2D eigenvalue weighted by atomic mass is 19.2. The van der Waals surface area contributed by atoms with Gasteiger partial charge in [-0.2, -0.15) is 0 Å². The molecule has 0 aliphatic rings. The Morgan fingerprint density at radius 1 is 1.05 bits per heavy atom. The maximum absolute atomic E-state index is 13.7. The van der Waals surface area contributed by atoms with E-state index in [4.69, 9.17) is 11.6 Å². The number of nitrogen functional groups attached to an aromatic ring is 1. The lowest BCUT2D eigenvalue weighted by atomic mass is 9.99. The van der Waals surface area contributed by atoms with Gasteiger partial charge in [0.05, 0.1) is 6.04 Å². The van der Waals surface area contributed by atoms with Crippen LogP contribution < -0.4 is 17.0 Å². The predicted octanol–water partition coefficient (Wildman–Crippen LogP) is 1.63. The van der Waals surface area contributed by atoms with Crippen molar-refractivity contribution in [3.63, 3.8) is 0 Å². The molecule has 0 spiro atoms. The minimum absolute atomic E-state index is 0.120. The van der Waals surface area contributed by atoms with E-state index in [0.29, 0.717) is 5.56 Å². The Balaban J connectivity index is 2.55. The molecule has 0 amide bonds. The predicted molar refractivity (Wildman–Crippen MR) is 64.1 cm³/mol. The van der Waals surface area contributed by atoms with E-state index in [1.165, 1.54) is 6.20 Å². The van der Waals surface area contributed by atoms with Crippen LogP contribution in [0, 0.1) is 17.5 Å². The number of nitrogens with two attached hydrogens (primary N) is 2. The molecule has 0 radical (unpaired) electrons. The first kappa shape index (κ1) is 13.3. The monoisotopic (exact) mass is 268 g/mol. The van der Waals surface area contributed by atoms with Gasteiger partial charge in [-0.3, -0.25) is 5.84 Å². The minimum Gasteiger partial charge on any atom is -0.383 e. The van der Waals surface area contributed by atoms with Crippen LogP contribution in [-0.2, 0) is 0 Å². The first-order valence-corrected chi connectivity index (χ1v) is 5.36. The highest BCUT2D eigenvalue weighted by Crippen LogP contribution is 2.28. The van der Waals surface area contributed by atoms with E-state index in [-0.39, 0.29) is 11.4 Å². The van der Waals surface area contributed by atoms with Crippen LogP contribution in [-0.4, -0.2) is 4.98 Å². The number of nitrogens with one attached hydrogen (secondary N) is 1. The number of pyridine rings is 1. The Bertz CT molecular complexity index is 604. The summed E-state index contributed by atoms with van der Waals surface area (Å²) >= 11 is 0. The fourth-order valence-electron chi connectivity index (χ4n) is 1.78. The van der Waals surface area contributed by atoms with Gasteiger partial charge in [0.2, 0.25) is 0 Å². The molecule has 2 aromatic rings. The van der Waals surface area contributed by atoms with Crippen molar-refractivity contribution in [1.29, 1.82) is 0 Å². The summed E-state index contributed by atoms with van der Waals surface area (Å²) in [4.78, 5) is 3.84. The third-order valence-electron chi connectivity index (χ3n) is 2.72. The zero-order chi connectivity index (χ0) is 14.0. The fourth-order valence-corrected chi connectivity index (χ4v) is 1.78. The Kier molecular flexibility index (Phi) is 3.68. The number of hydrogen-bond donors (Lipinski definition) is 3. The van der Waals surface area contributed by atoms with Crippen molar-refractivity contribution in [2.75, 3.05) is 5.73 Å². The molecule has 1 heterocycles. The number of hydrogen-bond acceptors (Lipinski definition) is 4. The molecule has 1 atom stereocenters. The SMILES string of the molecule is NNC(c1cccnc1N)c1ccc(F)c(F)c1F. The molecule has 1 aromatic heterocycles. The summed E-state index contributed by atoms with van der Waals surface area (Å²) in [6, 6.07) is 4.14. The molecule has 0 aliphatic carbocycles. The third kappa shape index (κ3) is 2.38. The number of rotatable bonds is 3. The van der Waals surface area contributed by atoms with E-state index in [1.54, 1.807) is 12.1 Å². The second-order valence-electron chi connectivity index (χ2n) is 3.84. The number of nitrogens with zero attached hydrogens (tertiary/aromatic N) is 1. The van der Waals surface area contributed by atoms with Crippen molar-refractivity contribution in [3.05, 3.63) is 59.0 Å². The van der Waals surface area contributed by atoms with Crippen molar-refractivity contribution in [2.45, 2.75) is 6.04 Å². The van der Waals surface area contributed by atoms with Crippen LogP contribution in [0.4, 0.5) is 19.0 Å². The number of aromatic nitrogens is 1. The second-order valence-corrected chi connectivity index (χ2v) is 3.84. The Labute approximate surface area is 107 Å². The number of anilines is 1. The van der Waals surface area contributed by atoms with Gasteiger partial charge in [-0.05, 0) is 12.1 Å².